The number of benzene rings is 1. The smallest absolute Gasteiger partial charge is 0.315 e. The van der Waals surface area contributed by atoms with Gasteiger partial charge in [-0.1, -0.05) is 30.3 Å². The zero-order valence-electron chi connectivity index (χ0n) is 13.0. The van der Waals surface area contributed by atoms with Crippen molar-refractivity contribution in [3.8, 4) is 0 Å². The fraction of sp³-hybridized carbons (Fsp3) is 0.533. The lowest BCUT2D eigenvalue weighted by molar-refractivity contribution is 0.225. The van der Waals surface area contributed by atoms with Gasteiger partial charge in [-0.05, 0) is 25.3 Å². The van der Waals surface area contributed by atoms with Gasteiger partial charge in [-0.15, -0.1) is 0 Å². The van der Waals surface area contributed by atoms with Gasteiger partial charge in [0.25, 0.3) is 0 Å². The highest BCUT2D eigenvalue weighted by molar-refractivity contribution is 7.88. The fourth-order valence-corrected chi connectivity index (χ4v) is 3.45. The van der Waals surface area contributed by atoms with Crippen LogP contribution in [0, 0.1) is 0 Å². The number of urea groups is 1. The summed E-state index contributed by atoms with van der Waals surface area (Å²) in [5.41, 5.74) is 1.05. The summed E-state index contributed by atoms with van der Waals surface area (Å²) in [6, 6.07) is 9.47. The van der Waals surface area contributed by atoms with Crippen molar-refractivity contribution in [3.63, 3.8) is 0 Å². The molecule has 2 rings (SSSR count). The minimum atomic E-state index is -3.13. The Balaban J connectivity index is 1.79. The molecule has 1 atom stereocenters. The summed E-state index contributed by atoms with van der Waals surface area (Å²) in [5, 5.41) is 5.82. The average Bonchev–Trinajstić information content (AvgIpc) is 2.47. The zero-order chi connectivity index (χ0) is 16.2. The molecule has 1 aromatic carbocycles. The van der Waals surface area contributed by atoms with E-state index in [2.05, 4.69) is 10.6 Å². The van der Waals surface area contributed by atoms with Crippen molar-refractivity contribution in [2.75, 3.05) is 19.3 Å². The molecule has 0 aromatic heterocycles. The number of hydrogen-bond acceptors (Lipinski definition) is 3. The molecule has 2 amide bonds. The van der Waals surface area contributed by atoms with Crippen LogP contribution in [0.4, 0.5) is 4.79 Å². The summed E-state index contributed by atoms with van der Waals surface area (Å²) < 4.78 is 24.3. The second-order valence-corrected chi connectivity index (χ2v) is 7.67. The molecular weight excluding hydrogens is 302 g/mol. The summed E-state index contributed by atoms with van der Waals surface area (Å²) >= 11 is 0. The minimum absolute atomic E-state index is 0.0148. The van der Waals surface area contributed by atoms with Gasteiger partial charge < -0.3 is 10.6 Å². The first-order chi connectivity index (χ1) is 10.4. The third-order valence-corrected chi connectivity index (χ3v) is 5.21. The molecule has 22 heavy (non-hydrogen) atoms. The molecule has 1 aromatic rings. The van der Waals surface area contributed by atoms with Crippen molar-refractivity contribution in [1.82, 2.24) is 14.9 Å². The first-order valence-electron chi connectivity index (χ1n) is 7.43. The van der Waals surface area contributed by atoms with Crippen LogP contribution in [0.3, 0.4) is 0 Å². The predicted octanol–water partition coefficient (Wildman–Crippen LogP) is 1.47. The topological polar surface area (TPSA) is 78.5 Å². The molecule has 122 valence electrons. The van der Waals surface area contributed by atoms with Crippen LogP contribution in [0.2, 0.25) is 0 Å². The average molecular weight is 325 g/mol. The molecule has 0 unspecified atom stereocenters. The van der Waals surface area contributed by atoms with E-state index in [1.165, 1.54) is 10.6 Å². The second-order valence-electron chi connectivity index (χ2n) is 5.69. The third kappa shape index (κ3) is 4.71. The second kappa shape index (κ2) is 7.11. The highest BCUT2D eigenvalue weighted by Crippen LogP contribution is 2.14. The van der Waals surface area contributed by atoms with E-state index in [1.807, 2.05) is 37.3 Å². The molecule has 1 fully saturated rings. The Hall–Kier alpha value is -1.60. The normalized spacial score (nSPS) is 18.6. The molecule has 1 aliphatic heterocycles. The van der Waals surface area contributed by atoms with E-state index < -0.39 is 10.0 Å². The summed E-state index contributed by atoms with van der Waals surface area (Å²) in [6.45, 7) is 2.84. The van der Waals surface area contributed by atoms with Gasteiger partial charge in [0, 0.05) is 19.1 Å². The highest BCUT2D eigenvalue weighted by atomic mass is 32.2. The summed E-state index contributed by atoms with van der Waals surface area (Å²) in [7, 11) is -3.13. The van der Waals surface area contributed by atoms with E-state index in [9.17, 15) is 13.2 Å². The van der Waals surface area contributed by atoms with Gasteiger partial charge in [0.1, 0.15) is 0 Å². The Morgan fingerprint density at radius 3 is 2.36 bits per heavy atom. The Labute approximate surface area is 131 Å². The Morgan fingerprint density at radius 1 is 1.23 bits per heavy atom. The Bertz CT molecular complexity index is 596. The van der Waals surface area contributed by atoms with E-state index in [-0.39, 0.29) is 18.1 Å². The SMILES string of the molecule is C[C@@H](NC(=O)NC1CCN(S(C)(=O)=O)CC1)c1ccccc1. The van der Waals surface area contributed by atoms with Crippen LogP contribution in [0.5, 0.6) is 0 Å². The van der Waals surface area contributed by atoms with E-state index in [4.69, 9.17) is 0 Å². The first-order valence-corrected chi connectivity index (χ1v) is 9.28. The van der Waals surface area contributed by atoms with Crippen LogP contribution in [0.1, 0.15) is 31.4 Å². The van der Waals surface area contributed by atoms with Crippen molar-refractivity contribution >= 4 is 16.1 Å². The third-order valence-electron chi connectivity index (χ3n) is 3.91. The van der Waals surface area contributed by atoms with E-state index in [1.54, 1.807) is 0 Å². The molecule has 0 spiro atoms. The molecule has 0 radical (unpaired) electrons. The number of sulfonamides is 1. The molecule has 6 nitrogen and oxygen atoms in total. The molecule has 0 bridgehead atoms. The lowest BCUT2D eigenvalue weighted by atomic mass is 10.1. The number of carbonyl (C=O) groups is 1. The van der Waals surface area contributed by atoms with Crippen molar-refractivity contribution in [1.29, 1.82) is 0 Å². The standard InChI is InChI=1S/C15H23N3O3S/c1-12(13-6-4-3-5-7-13)16-15(19)17-14-8-10-18(11-9-14)22(2,20)21/h3-7,12,14H,8-11H2,1-2H3,(H2,16,17,19)/t12-/m1/s1. The van der Waals surface area contributed by atoms with Gasteiger partial charge in [-0.2, -0.15) is 0 Å². The Kier molecular flexibility index (Phi) is 5.42. The maximum Gasteiger partial charge on any atom is 0.315 e. The van der Waals surface area contributed by atoms with Crippen LogP contribution in [0.15, 0.2) is 30.3 Å². The Morgan fingerprint density at radius 2 is 1.82 bits per heavy atom. The van der Waals surface area contributed by atoms with E-state index >= 15 is 0 Å². The predicted molar refractivity (Wildman–Crippen MR) is 86.0 cm³/mol. The molecular formula is C15H23N3O3S. The quantitative estimate of drug-likeness (QED) is 0.880. The maximum absolute atomic E-state index is 12.0. The van der Waals surface area contributed by atoms with Crippen LogP contribution >= 0.6 is 0 Å². The number of rotatable bonds is 4. The molecule has 0 aliphatic carbocycles. The van der Waals surface area contributed by atoms with Crippen molar-refractivity contribution < 1.29 is 13.2 Å². The summed E-state index contributed by atoms with van der Waals surface area (Å²) in [6.07, 6.45) is 2.50. The summed E-state index contributed by atoms with van der Waals surface area (Å²) in [4.78, 5) is 12.0. The van der Waals surface area contributed by atoms with Gasteiger partial charge in [0.2, 0.25) is 10.0 Å². The monoisotopic (exact) mass is 325 g/mol. The number of amides is 2. The van der Waals surface area contributed by atoms with Crippen LogP contribution in [-0.2, 0) is 10.0 Å². The van der Waals surface area contributed by atoms with Crippen molar-refractivity contribution in [3.05, 3.63) is 35.9 Å². The minimum Gasteiger partial charge on any atom is -0.335 e. The number of hydrogen-bond donors (Lipinski definition) is 2. The largest absolute Gasteiger partial charge is 0.335 e. The fourth-order valence-electron chi connectivity index (χ4n) is 2.58. The summed E-state index contributed by atoms with van der Waals surface area (Å²) in [5.74, 6) is 0. The molecule has 1 aliphatic rings. The maximum atomic E-state index is 12.0. The zero-order valence-corrected chi connectivity index (χ0v) is 13.8. The van der Waals surface area contributed by atoms with Gasteiger partial charge in [-0.3, -0.25) is 0 Å². The van der Waals surface area contributed by atoms with E-state index in [0.29, 0.717) is 25.9 Å². The van der Waals surface area contributed by atoms with Gasteiger partial charge in [-0.25, -0.2) is 17.5 Å². The van der Waals surface area contributed by atoms with E-state index in [0.717, 1.165) is 5.56 Å². The van der Waals surface area contributed by atoms with Crippen LogP contribution in [-0.4, -0.2) is 44.1 Å². The lowest BCUT2D eigenvalue weighted by Crippen LogP contribution is -2.49. The van der Waals surface area contributed by atoms with Gasteiger partial charge in [0.15, 0.2) is 0 Å². The van der Waals surface area contributed by atoms with Crippen molar-refractivity contribution in [2.24, 2.45) is 0 Å². The number of piperidine rings is 1. The molecule has 1 heterocycles. The molecule has 0 saturated carbocycles. The van der Waals surface area contributed by atoms with Crippen LogP contribution in [0.25, 0.3) is 0 Å². The highest BCUT2D eigenvalue weighted by Gasteiger charge is 2.25. The van der Waals surface area contributed by atoms with Gasteiger partial charge >= 0.3 is 6.03 Å². The lowest BCUT2D eigenvalue weighted by Gasteiger charge is -2.31. The first kappa shape index (κ1) is 16.8. The molecule has 1 saturated heterocycles. The number of nitrogens with one attached hydrogen (secondary N) is 2. The van der Waals surface area contributed by atoms with Gasteiger partial charge in [0.05, 0.1) is 12.3 Å². The van der Waals surface area contributed by atoms with Crippen molar-refractivity contribution in [2.45, 2.75) is 31.8 Å². The molecule has 2 N–H and O–H groups in total. The number of nitrogens with zero attached hydrogens (tertiary/aromatic N) is 1. The number of carbonyl (C=O) groups excluding carboxylic acids is 1. The van der Waals surface area contributed by atoms with Crippen LogP contribution < -0.4 is 10.6 Å². The molecule has 7 heteroatoms.